The maximum atomic E-state index is 12.6. The van der Waals surface area contributed by atoms with Gasteiger partial charge in [-0.1, -0.05) is 19.1 Å². The molecule has 1 amide bonds. The van der Waals surface area contributed by atoms with Crippen molar-refractivity contribution in [2.75, 3.05) is 20.2 Å². The van der Waals surface area contributed by atoms with Crippen LogP contribution in [0, 0.1) is 5.41 Å². The van der Waals surface area contributed by atoms with Gasteiger partial charge in [0.1, 0.15) is 5.75 Å². The number of amides is 1. The van der Waals surface area contributed by atoms with Crippen molar-refractivity contribution in [1.29, 1.82) is 0 Å². The van der Waals surface area contributed by atoms with Gasteiger partial charge in [-0.05, 0) is 38.0 Å². The molecule has 0 bridgehead atoms. The van der Waals surface area contributed by atoms with Gasteiger partial charge in [0, 0.05) is 19.6 Å². The third kappa shape index (κ3) is 3.73. The average molecular weight is 278 g/mol. The lowest BCUT2D eigenvalue weighted by Gasteiger charge is -2.32. The summed E-state index contributed by atoms with van der Waals surface area (Å²) in [5.41, 5.74) is 6.40. The summed E-state index contributed by atoms with van der Waals surface area (Å²) in [5, 5.41) is 0. The molecule has 1 aromatic rings. The summed E-state index contributed by atoms with van der Waals surface area (Å²) in [6.45, 7) is 7.60. The summed E-state index contributed by atoms with van der Waals surface area (Å²) < 4.78 is 5.14. The molecule has 4 heteroatoms. The summed E-state index contributed by atoms with van der Waals surface area (Å²) >= 11 is 0. The van der Waals surface area contributed by atoms with E-state index in [1.807, 2.05) is 49.9 Å². The number of hydrogen-bond donors (Lipinski definition) is 1. The van der Waals surface area contributed by atoms with Gasteiger partial charge in [0.15, 0.2) is 0 Å². The van der Waals surface area contributed by atoms with Crippen molar-refractivity contribution in [3.8, 4) is 5.75 Å². The fraction of sp³-hybridized carbons (Fsp3) is 0.562. The summed E-state index contributed by atoms with van der Waals surface area (Å²) in [6, 6.07) is 7.80. The third-order valence-corrected chi connectivity index (χ3v) is 3.95. The van der Waals surface area contributed by atoms with Crippen LogP contribution in [0.4, 0.5) is 0 Å². The van der Waals surface area contributed by atoms with Gasteiger partial charge < -0.3 is 15.4 Å². The Morgan fingerprint density at radius 1 is 1.30 bits per heavy atom. The molecule has 2 N–H and O–H groups in total. The summed E-state index contributed by atoms with van der Waals surface area (Å²) in [7, 11) is 1.64. The van der Waals surface area contributed by atoms with Crippen molar-refractivity contribution >= 4 is 5.91 Å². The molecular formula is C16H26N2O2. The molecule has 0 aromatic heterocycles. The van der Waals surface area contributed by atoms with E-state index in [2.05, 4.69) is 0 Å². The smallest absolute Gasteiger partial charge is 0.230 e. The Hall–Kier alpha value is -1.55. The lowest BCUT2D eigenvalue weighted by Crippen LogP contribution is -2.45. The second kappa shape index (κ2) is 7.29. The first-order valence-corrected chi connectivity index (χ1v) is 7.13. The fourth-order valence-corrected chi connectivity index (χ4v) is 2.04. The van der Waals surface area contributed by atoms with Gasteiger partial charge in [0.2, 0.25) is 5.91 Å². The van der Waals surface area contributed by atoms with Crippen LogP contribution in [0.5, 0.6) is 5.75 Å². The van der Waals surface area contributed by atoms with Crippen LogP contribution < -0.4 is 10.5 Å². The molecule has 1 aromatic carbocycles. The zero-order chi connectivity index (χ0) is 15.2. The van der Waals surface area contributed by atoms with E-state index in [-0.39, 0.29) is 5.91 Å². The molecule has 0 fully saturated rings. The summed E-state index contributed by atoms with van der Waals surface area (Å²) in [5.74, 6) is 0.948. The highest BCUT2D eigenvalue weighted by Gasteiger charge is 2.33. The monoisotopic (exact) mass is 278 g/mol. The van der Waals surface area contributed by atoms with Gasteiger partial charge in [-0.25, -0.2) is 0 Å². The Labute approximate surface area is 121 Å². The molecule has 0 saturated heterocycles. The van der Waals surface area contributed by atoms with E-state index in [1.54, 1.807) is 7.11 Å². The second-order valence-corrected chi connectivity index (χ2v) is 5.29. The minimum Gasteiger partial charge on any atom is -0.497 e. The Balaban J connectivity index is 2.82. The number of benzene rings is 1. The molecule has 0 aliphatic rings. The van der Waals surface area contributed by atoms with Crippen LogP contribution in [0.25, 0.3) is 0 Å². The predicted molar refractivity (Wildman–Crippen MR) is 81.5 cm³/mol. The van der Waals surface area contributed by atoms with Gasteiger partial charge in [-0.2, -0.15) is 0 Å². The molecule has 0 aliphatic heterocycles. The van der Waals surface area contributed by atoms with E-state index in [0.29, 0.717) is 19.6 Å². The fourth-order valence-electron chi connectivity index (χ4n) is 2.04. The Morgan fingerprint density at radius 3 is 2.30 bits per heavy atom. The molecule has 4 nitrogen and oxygen atoms in total. The number of methoxy groups -OCH3 is 1. The molecule has 0 spiro atoms. The zero-order valence-electron chi connectivity index (χ0n) is 13.0. The normalized spacial score (nSPS) is 13.7. The van der Waals surface area contributed by atoms with Crippen LogP contribution >= 0.6 is 0 Å². The van der Waals surface area contributed by atoms with Gasteiger partial charge >= 0.3 is 0 Å². The first kappa shape index (κ1) is 16.5. The summed E-state index contributed by atoms with van der Waals surface area (Å²) in [4.78, 5) is 14.5. The first-order chi connectivity index (χ1) is 9.50. The van der Waals surface area contributed by atoms with Crippen LogP contribution in [-0.2, 0) is 11.3 Å². The molecule has 1 unspecified atom stereocenters. The predicted octanol–water partition coefficient (Wildman–Crippen LogP) is 2.42. The standard InChI is InChI=1S/C16H26N2O2/c1-5-16(3,12-17)15(19)18(6-2)11-13-7-9-14(20-4)10-8-13/h7-10H,5-6,11-12,17H2,1-4H3. The number of ether oxygens (including phenoxy) is 1. The van der Waals surface area contributed by atoms with Gasteiger partial charge in [-0.3, -0.25) is 4.79 Å². The average Bonchev–Trinajstić information content (AvgIpc) is 2.51. The van der Waals surface area contributed by atoms with Crippen LogP contribution in [0.3, 0.4) is 0 Å². The van der Waals surface area contributed by atoms with Gasteiger partial charge in [0.25, 0.3) is 0 Å². The lowest BCUT2D eigenvalue weighted by molar-refractivity contribution is -0.141. The van der Waals surface area contributed by atoms with Crippen molar-refractivity contribution in [2.24, 2.45) is 11.1 Å². The van der Waals surface area contributed by atoms with E-state index in [0.717, 1.165) is 17.7 Å². The number of carbonyl (C=O) groups excluding carboxylic acids is 1. The van der Waals surface area contributed by atoms with Crippen molar-refractivity contribution < 1.29 is 9.53 Å². The lowest BCUT2D eigenvalue weighted by atomic mass is 9.86. The first-order valence-electron chi connectivity index (χ1n) is 7.13. The Morgan fingerprint density at radius 2 is 1.90 bits per heavy atom. The van der Waals surface area contributed by atoms with Crippen molar-refractivity contribution in [3.63, 3.8) is 0 Å². The summed E-state index contributed by atoms with van der Waals surface area (Å²) in [6.07, 6.45) is 0.751. The molecule has 0 saturated carbocycles. The van der Waals surface area contributed by atoms with Crippen LogP contribution in [0.2, 0.25) is 0 Å². The molecular weight excluding hydrogens is 252 g/mol. The zero-order valence-corrected chi connectivity index (χ0v) is 13.0. The van der Waals surface area contributed by atoms with E-state index in [1.165, 1.54) is 0 Å². The van der Waals surface area contributed by atoms with E-state index >= 15 is 0 Å². The van der Waals surface area contributed by atoms with E-state index in [4.69, 9.17) is 10.5 Å². The maximum Gasteiger partial charge on any atom is 0.230 e. The van der Waals surface area contributed by atoms with E-state index < -0.39 is 5.41 Å². The number of nitrogens with two attached hydrogens (primary N) is 1. The highest BCUT2D eigenvalue weighted by Crippen LogP contribution is 2.24. The number of nitrogens with zero attached hydrogens (tertiary/aromatic N) is 1. The molecule has 0 radical (unpaired) electrons. The Bertz CT molecular complexity index is 425. The quantitative estimate of drug-likeness (QED) is 0.833. The van der Waals surface area contributed by atoms with Crippen molar-refractivity contribution in [2.45, 2.75) is 33.7 Å². The van der Waals surface area contributed by atoms with Gasteiger partial charge in [-0.15, -0.1) is 0 Å². The van der Waals surface area contributed by atoms with Crippen LogP contribution in [0.1, 0.15) is 32.8 Å². The third-order valence-electron chi connectivity index (χ3n) is 3.95. The maximum absolute atomic E-state index is 12.6. The molecule has 0 heterocycles. The Kier molecular flexibility index (Phi) is 6.02. The number of hydrogen-bond acceptors (Lipinski definition) is 3. The minimum absolute atomic E-state index is 0.126. The molecule has 0 aliphatic carbocycles. The molecule has 20 heavy (non-hydrogen) atoms. The SMILES string of the molecule is CCN(Cc1ccc(OC)cc1)C(=O)C(C)(CC)CN. The van der Waals surface area contributed by atoms with Crippen molar-refractivity contribution in [3.05, 3.63) is 29.8 Å². The molecule has 1 atom stereocenters. The second-order valence-electron chi connectivity index (χ2n) is 5.29. The number of rotatable bonds is 7. The molecule has 112 valence electrons. The highest BCUT2D eigenvalue weighted by molar-refractivity contribution is 5.82. The largest absolute Gasteiger partial charge is 0.497 e. The topological polar surface area (TPSA) is 55.6 Å². The van der Waals surface area contributed by atoms with Gasteiger partial charge in [0.05, 0.1) is 12.5 Å². The van der Waals surface area contributed by atoms with Crippen molar-refractivity contribution in [1.82, 2.24) is 4.90 Å². The highest BCUT2D eigenvalue weighted by atomic mass is 16.5. The van der Waals surface area contributed by atoms with E-state index in [9.17, 15) is 4.79 Å². The molecule has 1 rings (SSSR count). The minimum atomic E-state index is -0.470. The van der Waals surface area contributed by atoms with Crippen LogP contribution in [-0.4, -0.2) is 31.0 Å². The van der Waals surface area contributed by atoms with Crippen LogP contribution in [0.15, 0.2) is 24.3 Å². The number of carbonyl (C=O) groups is 1.